The van der Waals surface area contributed by atoms with Gasteiger partial charge >= 0.3 is 35.9 Å². The number of halogens is 12. The van der Waals surface area contributed by atoms with Crippen LogP contribution < -0.4 is 0 Å². The largest absolute Gasteiger partial charge is 0.438 e. The molecule has 8 atom stereocenters. The van der Waals surface area contributed by atoms with Gasteiger partial charge in [0, 0.05) is 31.6 Å². The molecule has 0 spiro atoms. The second kappa shape index (κ2) is 22.1. The molecule has 8 fully saturated rings. The van der Waals surface area contributed by atoms with Gasteiger partial charge in [0.05, 0.1) is 6.10 Å². The highest BCUT2D eigenvalue weighted by Crippen LogP contribution is 2.70. The van der Waals surface area contributed by atoms with E-state index in [9.17, 15) is 77.6 Å². The number of aliphatic hydroxyl groups is 3. The van der Waals surface area contributed by atoms with Crippen LogP contribution in [0.5, 0.6) is 0 Å². The van der Waals surface area contributed by atoms with Gasteiger partial charge in [0.25, 0.3) is 0 Å². The van der Waals surface area contributed by atoms with E-state index in [1.807, 2.05) is 18.9 Å². The SMILES string of the molecule is C=C1/C(=C\C=C2/CCC[C@@]3(C)C2CC[C@@H]3C2(CC#CC(O)(C(F)(F)F)C(F)(F)F)CC2)CCC[C@@H]1O.C=C1/C(=C\CC=O)CCC[C@@H]1C.C[C@]12CCCC(=O)C1CC[C@@H]2C1(CC#CC(O)(C(F)(F)F)C(F)(F)F)CC1. The molecular weight excluding hydrogens is 1000 g/mol. The number of alkyl halides is 12. The number of allylic oxidation sites excluding steroid dienone is 6. The summed E-state index contributed by atoms with van der Waals surface area (Å²) in [6.45, 7) is 14.5. The Balaban J connectivity index is 0.000000205. The second-order valence-electron chi connectivity index (χ2n) is 23.5. The van der Waals surface area contributed by atoms with E-state index in [4.69, 9.17) is 0 Å². The predicted octanol–water partition coefficient (Wildman–Crippen LogP) is 14.9. The smallest absolute Gasteiger partial charge is 0.388 e. The van der Waals surface area contributed by atoms with Gasteiger partial charge in [-0.05, 0) is 201 Å². The van der Waals surface area contributed by atoms with Crippen molar-refractivity contribution in [3.63, 3.8) is 0 Å². The summed E-state index contributed by atoms with van der Waals surface area (Å²) < 4.78 is 155. The first-order valence-electron chi connectivity index (χ1n) is 26.5. The summed E-state index contributed by atoms with van der Waals surface area (Å²) in [7, 11) is 0. The van der Waals surface area contributed by atoms with E-state index in [-0.39, 0.29) is 47.2 Å². The minimum absolute atomic E-state index is 0.0658. The Kier molecular flexibility index (Phi) is 17.8. The van der Waals surface area contributed by atoms with Crippen LogP contribution in [-0.2, 0) is 9.59 Å². The van der Waals surface area contributed by atoms with Gasteiger partial charge in [-0.2, -0.15) is 52.7 Å². The first-order valence-corrected chi connectivity index (χ1v) is 26.5. The molecule has 0 aromatic carbocycles. The molecule has 0 bridgehead atoms. The molecule has 0 aromatic rings. The van der Waals surface area contributed by atoms with Crippen LogP contribution in [0.3, 0.4) is 0 Å². The molecular formula is C58H72F12O5. The maximum atomic E-state index is 13.0. The van der Waals surface area contributed by atoms with Gasteiger partial charge in [-0.3, -0.25) is 4.79 Å². The van der Waals surface area contributed by atoms with E-state index in [1.165, 1.54) is 29.6 Å². The standard InChI is InChI=1S/C28H34F6O2.C19H22F6O2.C11H16O/c1-18-19(6-3-8-22(18)35)9-10-20-7-4-13-24(2)21(20)11-12-23(24)25(16-17-25)14-5-15-26(36,27(29,30)31)28(32,33)34;1-15-7-2-4-13(26)12(15)5-6-14(15)16(10-11-16)8-3-9-17(27,18(20,21)22)19(23,24)25;1-9-5-3-6-11(10(9)2)7-4-8-12/h9-10,21-23,35-36H,1,3-4,6-8,11-14,16-17H2,2H3;12,14,27H,2,4-8,10-11H2,1H3;7-9H,2-6H2,1H3/b19-9-,20-10+;;11-7-/t21?,22-,23-,24-;12?,14-,15-;9-/m000/s1. The fourth-order valence-corrected chi connectivity index (χ4v) is 14.2. The number of carbonyl (C=O) groups is 2. The number of hydrogen-bond donors (Lipinski definition) is 3. The molecule has 8 saturated carbocycles. The van der Waals surface area contributed by atoms with Crippen molar-refractivity contribution in [2.24, 2.45) is 51.2 Å². The molecule has 0 radical (unpaired) electrons. The molecule has 8 rings (SSSR count). The molecule has 75 heavy (non-hydrogen) atoms. The Bertz CT molecular complexity index is 2340. The number of rotatable bonds is 7. The average Bonchev–Trinajstić information content (AvgIpc) is 4.20. The van der Waals surface area contributed by atoms with Crippen molar-refractivity contribution in [3.8, 4) is 23.7 Å². The fourth-order valence-electron chi connectivity index (χ4n) is 14.2. The van der Waals surface area contributed by atoms with E-state index in [0.717, 1.165) is 126 Å². The van der Waals surface area contributed by atoms with Crippen LogP contribution in [-0.4, -0.2) is 69.4 Å². The Morgan fingerprint density at radius 1 is 0.587 bits per heavy atom. The van der Waals surface area contributed by atoms with E-state index >= 15 is 0 Å². The summed E-state index contributed by atoms with van der Waals surface area (Å²) >= 11 is 0. The van der Waals surface area contributed by atoms with Crippen LogP contribution in [0.25, 0.3) is 0 Å². The molecule has 418 valence electrons. The van der Waals surface area contributed by atoms with Crippen LogP contribution in [0.1, 0.15) is 168 Å². The molecule has 0 aromatic heterocycles. The summed E-state index contributed by atoms with van der Waals surface area (Å²) in [5.41, 5.74) is -5.48. The number of carbonyl (C=O) groups excluding carboxylic acids is 2. The highest BCUT2D eigenvalue weighted by atomic mass is 19.4. The molecule has 0 aliphatic heterocycles. The van der Waals surface area contributed by atoms with Crippen molar-refractivity contribution in [1.29, 1.82) is 0 Å². The second-order valence-corrected chi connectivity index (χ2v) is 23.5. The highest BCUT2D eigenvalue weighted by Gasteiger charge is 2.72. The summed E-state index contributed by atoms with van der Waals surface area (Å²) in [4.78, 5) is 22.4. The Morgan fingerprint density at radius 2 is 1.04 bits per heavy atom. The Hall–Kier alpha value is -3.80. The average molecular weight is 1080 g/mol. The van der Waals surface area contributed by atoms with Gasteiger partial charge in [-0.15, -0.1) is 0 Å². The lowest BCUT2D eigenvalue weighted by atomic mass is 9.59. The zero-order chi connectivity index (χ0) is 55.8. The van der Waals surface area contributed by atoms with Crippen molar-refractivity contribution >= 4 is 12.1 Å². The lowest BCUT2D eigenvalue weighted by molar-refractivity contribution is -0.344. The van der Waals surface area contributed by atoms with Crippen LogP contribution in [0, 0.1) is 74.9 Å². The van der Waals surface area contributed by atoms with Crippen LogP contribution >= 0.6 is 0 Å². The van der Waals surface area contributed by atoms with E-state index < -0.39 is 52.8 Å². The lowest BCUT2D eigenvalue weighted by Gasteiger charge is -2.45. The molecule has 0 heterocycles. The van der Waals surface area contributed by atoms with Crippen molar-refractivity contribution in [3.05, 3.63) is 59.3 Å². The van der Waals surface area contributed by atoms with Crippen LogP contribution in [0.4, 0.5) is 52.7 Å². The molecule has 0 amide bonds. The first-order chi connectivity index (χ1) is 34.7. The third-order valence-corrected chi connectivity index (χ3v) is 18.9. The first kappa shape index (κ1) is 60.4. The van der Waals surface area contributed by atoms with E-state index in [1.54, 1.807) is 0 Å². The van der Waals surface area contributed by atoms with E-state index in [2.05, 4.69) is 45.1 Å². The topological polar surface area (TPSA) is 94.8 Å². The quantitative estimate of drug-likeness (QED) is 0.134. The van der Waals surface area contributed by atoms with Gasteiger partial charge < -0.3 is 20.1 Å². The van der Waals surface area contributed by atoms with Crippen LogP contribution in [0.15, 0.2) is 59.3 Å². The molecule has 17 heteroatoms. The maximum Gasteiger partial charge on any atom is 0.438 e. The number of hydrogen-bond acceptors (Lipinski definition) is 5. The van der Waals surface area contributed by atoms with Gasteiger partial charge in [-0.1, -0.05) is 69.6 Å². The molecule has 2 unspecified atom stereocenters. The summed E-state index contributed by atoms with van der Waals surface area (Å²) in [5, 5.41) is 28.7. The predicted molar refractivity (Wildman–Crippen MR) is 260 cm³/mol. The van der Waals surface area contributed by atoms with Crippen molar-refractivity contribution < 1.29 is 77.6 Å². The van der Waals surface area contributed by atoms with Crippen molar-refractivity contribution in [1.82, 2.24) is 0 Å². The number of Topliss-reactive ketones (excluding diaryl/α,β-unsaturated/α-hetero) is 1. The van der Waals surface area contributed by atoms with E-state index in [0.29, 0.717) is 37.5 Å². The van der Waals surface area contributed by atoms with Crippen LogP contribution in [0.2, 0.25) is 0 Å². The fraction of sp³-hybridized carbons (Fsp3) is 0.724. The van der Waals surface area contributed by atoms with Crippen molar-refractivity contribution in [2.75, 3.05) is 0 Å². The number of ketones is 1. The highest BCUT2D eigenvalue weighted by molar-refractivity contribution is 5.83. The number of aldehydes is 1. The molecule has 8 aliphatic rings. The molecule has 0 saturated heterocycles. The minimum atomic E-state index is -5.92. The third-order valence-electron chi connectivity index (χ3n) is 18.9. The Morgan fingerprint density at radius 3 is 1.52 bits per heavy atom. The summed E-state index contributed by atoms with van der Waals surface area (Å²) in [6.07, 6.45) is 0.639. The zero-order valence-electron chi connectivity index (χ0n) is 43.1. The van der Waals surface area contributed by atoms with Gasteiger partial charge in [-0.25, -0.2) is 0 Å². The lowest BCUT2D eigenvalue weighted by Crippen LogP contribution is -2.55. The summed E-state index contributed by atoms with van der Waals surface area (Å²) in [6, 6.07) is 0. The van der Waals surface area contributed by atoms with Gasteiger partial charge in [0.1, 0.15) is 12.1 Å². The third kappa shape index (κ3) is 12.3. The maximum absolute atomic E-state index is 13.0. The molecule has 8 aliphatic carbocycles. The normalized spacial score (nSPS) is 33.1. The molecule has 5 nitrogen and oxygen atoms in total. The van der Waals surface area contributed by atoms with Gasteiger partial charge in [0.2, 0.25) is 0 Å². The molecule has 3 N–H and O–H groups in total. The number of fused-ring (bicyclic) bond motifs is 2. The van der Waals surface area contributed by atoms with Crippen molar-refractivity contribution in [2.45, 2.75) is 210 Å². The van der Waals surface area contributed by atoms with Gasteiger partial charge in [0.15, 0.2) is 0 Å². The monoisotopic (exact) mass is 1080 g/mol. The summed E-state index contributed by atoms with van der Waals surface area (Å²) in [5.74, 6) is 7.68. The Labute approximate surface area is 433 Å². The number of aliphatic hydroxyl groups excluding tert-OH is 1. The minimum Gasteiger partial charge on any atom is -0.388 e. The zero-order valence-corrected chi connectivity index (χ0v) is 43.1.